The predicted molar refractivity (Wildman–Crippen MR) is 124 cm³/mol. The number of carbonyl (C=O) groups excluding carboxylic acids is 2. The fourth-order valence-corrected chi connectivity index (χ4v) is 2.85. The summed E-state index contributed by atoms with van der Waals surface area (Å²) in [6.45, 7) is 0.762. The summed E-state index contributed by atoms with van der Waals surface area (Å²) in [5.41, 5.74) is 1.29. The Balaban J connectivity index is 1.90. The number of hydrogen-bond donors (Lipinski definition) is 5. The zero-order valence-electron chi connectivity index (χ0n) is 17.4. The van der Waals surface area contributed by atoms with Crippen LogP contribution in [-0.2, 0) is 16.1 Å². The van der Waals surface area contributed by atoms with Gasteiger partial charge in [0.05, 0.1) is 0 Å². The lowest BCUT2D eigenvalue weighted by Gasteiger charge is -2.19. The minimum atomic E-state index is -0.790. The molecule has 8 nitrogen and oxygen atoms in total. The zero-order chi connectivity index (χ0) is 22.5. The van der Waals surface area contributed by atoms with Crippen LogP contribution in [0.3, 0.4) is 0 Å². The standard InChI is InChI=1S/C22H28N4O4S/c1-23-21(31)24-13-6-5-12-19(20(28)25-17-10-7-11-18(27)14-17)26-22(29)30-15-16-8-3-2-4-9-16/h2-4,7-11,14,19,27H,5-6,12-13,15H2,1H3,(H,25,28)(H,26,29)(H2,23,24,31)/t19-/m0/s1. The normalized spacial score (nSPS) is 11.1. The third-order valence-electron chi connectivity index (χ3n) is 4.37. The number of thiocarbonyl (C=S) groups is 1. The third-order valence-corrected chi connectivity index (χ3v) is 4.72. The molecule has 0 fully saturated rings. The molecule has 0 aliphatic carbocycles. The van der Waals surface area contributed by atoms with Crippen LogP contribution in [0.15, 0.2) is 54.6 Å². The summed E-state index contributed by atoms with van der Waals surface area (Å²) in [5, 5.41) is 21.4. The number of rotatable bonds is 10. The van der Waals surface area contributed by atoms with Crippen molar-refractivity contribution in [3.8, 4) is 5.75 Å². The molecule has 1 atom stereocenters. The molecule has 31 heavy (non-hydrogen) atoms. The number of alkyl carbamates (subject to hydrolysis) is 1. The van der Waals surface area contributed by atoms with Crippen LogP contribution in [0.25, 0.3) is 0 Å². The zero-order valence-corrected chi connectivity index (χ0v) is 18.2. The van der Waals surface area contributed by atoms with E-state index in [9.17, 15) is 14.7 Å². The highest BCUT2D eigenvalue weighted by atomic mass is 32.1. The second-order valence-corrected chi connectivity index (χ2v) is 7.21. The first kappa shape index (κ1) is 23.9. The Morgan fingerprint density at radius 3 is 2.58 bits per heavy atom. The van der Waals surface area contributed by atoms with E-state index < -0.39 is 12.1 Å². The maximum Gasteiger partial charge on any atom is 0.408 e. The average Bonchev–Trinajstić information content (AvgIpc) is 2.77. The maximum atomic E-state index is 12.7. The van der Waals surface area contributed by atoms with Crippen molar-refractivity contribution in [1.29, 1.82) is 0 Å². The molecule has 2 amide bonds. The van der Waals surface area contributed by atoms with Crippen LogP contribution in [0.5, 0.6) is 5.75 Å². The topological polar surface area (TPSA) is 112 Å². The first-order valence-electron chi connectivity index (χ1n) is 10.0. The molecule has 0 aliphatic heterocycles. The second kappa shape index (κ2) is 13.1. The molecule has 0 saturated heterocycles. The lowest BCUT2D eigenvalue weighted by Crippen LogP contribution is -2.44. The van der Waals surface area contributed by atoms with Gasteiger partial charge in [0.1, 0.15) is 18.4 Å². The number of ether oxygens (including phenoxy) is 1. The van der Waals surface area contributed by atoms with Gasteiger partial charge >= 0.3 is 6.09 Å². The Hall–Kier alpha value is -3.33. The quantitative estimate of drug-likeness (QED) is 0.283. The molecule has 0 radical (unpaired) electrons. The number of hydrogen-bond acceptors (Lipinski definition) is 5. The second-order valence-electron chi connectivity index (χ2n) is 6.80. The Labute approximate surface area is 187 Å². The van der Waals surface area contributed by atoms with Crippen LogP contribution in [0.4, 0.5) is 10.5 Å². The number of phenolic OH excluding ortho intramolecular Hbond substituents is 1. The summed E-state index contributed by atoms with van der Waals surface area (Å²) in [4.78, 5) is 25.0. The highest BCUT2D eigenvalue weighted by molar-refractivity contribution is 7.80. The number of carbonyl (C=O) groups is 2. The van der Waals surface area contributed by atoms with Crippen molar-refractivity contribution in [2.24, 2.45) is 0 Å². The van der Waals surface area contributed by atoms with E-state index in [-0.39, 0.29) is 18.3 Å². The van der Waals surface area contributed by atoms with Crippen LogP contribution >= 0.6 is 12.2 Å². The molecule has 0 bridgehead atoms. The van der Waals surface area contributed by atoms with Gasteiger partial charge in [-0.1, -0.05) is 36.4 Å². The summed E-state index contributed by atoms with van der Waals surface area (Å²) in [5.74, 6) is -0.350. The molecule has 9 heteroatoms. The SMILES string of the molecule is CNC(=S)NCCCC[C@H](NC(=O)OCc1ccccc1)C(=O)Nc1cccc(O)c1. The van der Waals surface area contributed by atoms with Crippen LogP contribution in [0.1, 0.15) is 24.8 Å². The smallest absolute Gasteiger partial charge is 0.408 e. The molecule has 0 aliphatic rings. The number of aromatic hydroxyl groups is 1. The molecule has 0 unspecified atom stereocenters. The van der Waals surface area contributed by atoms with Crippen molar-refractivity contribution >= 4 is 35.0 Å². The molecule has 166 valence electrons. The number of nitrogens with one attached hydrogen (secondary N) is 4. The molecule has 2 rings (SSSR count). The highest BCUT2D eigenvalue weighted by Gasteiger charge is 2.21. The summed E-state index contributed by atoms with van der Waals surface area (Å²) in [6, 6.07) is 14.7. The number of amides is 2. The lowest BCUT2D eigenvalue weighted by molar-refractivity contribution is -0.118. The van der Waals surface area contributed by atoms with Crippen molar-refractivity contribution in [1.82, 2.24) is 16.0 Å². The van der Waals surface area contributed by atoms with E-state index in [1.54, 1.807) is 19.2 Å². The van der Waals surface area contributed by atoms with E-state index in [0.717, 1.165) is 12.0 Å². The van der Waals surface area contributed by atoms with Crippen LogP contribution in [-0.4, -0.2) is 41.9 Å². The molecule has 0 spiro atoms. The van der Waals surface area contributed by atoms with E-state index in [1.165, 1.54) is 12.1 Å². The van der Waals surface area contributed by atoms with E-state index >= 15 is 0 Å². The van der Waals surface area contributed by atoms with E-state index in [0.29, 0.717) is 30.2 Å². The summed E-state index contributed by atoms with van der Waals surface area (Å²) >= 11 is 5.03. The molecule has 0 saturated carbocycles. The van der Waals surface area contributed by atoms with E-state index in [1.807, 2.05) is 30.3 Å². The number of phenols is 1. The van der Waals surface area contributed by atoms with E-state index in [4.69, 9.17) is 17.0 Å². The molecular weight excluding hydrogens is 416 g/mol. The summed E-state index contributed by atoms with van der Waals surface area (Å²) in [6.07, 6.45) is 1.18. The minimum Gasteiger partial charge on any atom is -0.508 e. The van der Waals surface area contributed by atoms with Crippen molar-refractivity contribution in [3.05, 3.63) is 60.2 Å². The fourth-order valence-electron chi connectivity index (χ4n) is 2.75. The van der Waals surface area contributed by atoms with Crippen molar-refractivity contribution in [2.75, 3.05) is 18.9 Å². The van der Waals surface area contributed by atoms with Gasteiger partial charge in [0.2, 0.25) is 5.91 Å². The molecular formula is C22H28N4O4S. The monoisotopic (exact) mass is 444 g/mol. The Morgan fingerprint density at radius 2 is 1.87 bits per heavy atom. The van der Waals surface area contributed by atoms with Gasteiger partial charge in [-0.3, -0.25) is 4.79 Å². The van der Waals surface area contributed by atoms with Crippen LogP contribution in [0.2, 0.25) is 0 Å². The van der Waals surface area contributed by atoms with Gasteiger partial charge in [-0.2, -0.15) is 0 Å². The third kappa shape index (κ3) is 9.35. The van der Waals surface area contributed by atoms with Crippen LogP contribution < -0.4 is 21.3 Å². The van der Waals surface area contributed by atoms with Gasteiger partial charge in [0.15, 0.2) is 5.11 Å². The lowest BCUT2D eigenvalue weighted by atomic mass is 10.1. The maximum absolute atomic E-state index is 12.7. The van der Waals surface area contributed by atoms with Gasteiger partial charge in [-0.15, -0.1) is 0 Å². The largest absolute Gasteiger partial charge is 0.508 e. The number of anilines is 1. The Bertz CT molecular complexity index is 864. The molecule has 2 aromatic carbocycles. The molecule has 5 N–H and O–H groups in total. The average molecular weight is 445 g/mol. The summed E-state index contributed by atoms with van der Waals surface area (Å²) < 4.78 is 5.24. The molecule has 0 heterocycles. The molecule has 0 aromatic heterocycles. The van der Waals surface area contributed by atoms with E-state index in [2.05, 4.69) is 21.3 Å². The van der Waals surface area contributed by atoms with Crippen LogP contribution in [0, 0.1) is 0 Å². The minimum absolute atomic E-state index is 0.0381. The highest BCUT2D eigenvalue weighted by Crippen LogP contribution is 2.16. The molecule has 2 aromatic rings. The van der Waals surface area contributed by atoms with Gasteiger partial charge < -0.3 is 31.1 Å². The first-order valence-corrected chi connectivity index (χ1v) is 10.4. The van der Waals surface area contributed by atoms with Gasteiger partial charge in [0.25, 0.3) is 0 Å². The Morgan fingerprint density at radius 1 is 1.10 bits per heavy atom. The van der Waals surface area contributed by atoms with Gasteiger partial charge in [-0.05, 0) is 49.2 Å². The van der Waals surface area contributed by atoms with Gasteiger partial charge in [0, 0.05) is 25.3 Å². The van der Waals surface area contributed by atoms with Crippen molar-refractivity contribution < 1.29 is 19.4 Å². The number of unbranched alkanes of at least 4 members (excludes halogenated alkanes) is 1. The van der Waals surface area contributed by atoms with Crippen molar-refractivity contribution in [3.63, 3.8) is 0 Å². The summed E-state index contributed by atoms with van der Waals surface area (Å²) in [7, 11) is 1.74. The fraction of sp³-hybridized carbons (Fsp3) is 0.318. The first-order chi connectivity index (χ1) is 15.0. The Kier molecular flexibility index (Phi) is 10.1. The van der Waals surface area contributed by atoms with Gasteiger partial charge in [-0.25, -0.2) is 4.79 Å². The predicted octanol–water partition coefficient (Wildman–Crippen LogP) is 2.89. The van der Waals surface area contributed by atoms with Crippen molar-refractivity contribution in [2.45, 2.75) is 31.9 Å². The number of benzene rings is 2.